The van der Waals surface area contributed by atoms with Crippen LogP contribution in [0, 0.1) is 0 Å². The molecule has 1 fully saturated rings. The first-order chi connectivity index (χ1) is 21.9. The van der Waals surface area contributed by atoms with Gasteiger partial charge in [-0.05, 0) is 36.4 Å². The van der Waals surface area contributed by atoms with Gasteiger partial charge in [-0.3, -0.25) is 4.90 Å². The number of hydrogen-bond donors (Lipinski definition) is 1. The molecule has 12 nitrogen and oxygen atoms in total. The monoisotopic (exact) mass is 513 g/mol. The molecule has 4 aromatic heterocycles. The number of benzene rings is 1. The number of furan rings is 1. The summed E-state index contributed by atoms with van der Waals surface area (Å²) in [6.07, 6.45) is 1.24. The second-order valence-electron chi connectivity index (χ2n) is 8.16. The summed E-state index contributed by atoms with van der Waals surface area (Å²) in [6.45, 7) is -6.47. The third-order valence-corrected chi connectivity index (χ3v) is 5.98. The molecule has 5 aromatic rings. The van der Waals surface area contributed by atoms with Crippen LogP contribution < -0.4 is 15.4 Å². The van der Waals surface area contributed by atoms with Gasteiger partial charge in [-0.1, -0.05) is 0 Å². The molecule has 37 heavy (non-hydrogen) atoms. The van der Waals surface area contributed by atoms with E-state index in [1.54, 1.807) is 24.3 Å². The molecule has 1 aromatic carbocycles. The Labute approximate surface area is 227 Å². The zero-order valence-electron chi connectivity index (χ0n) is 29.5. The number of piperazine rings is 1. The molecule has 0 spiro atoms. The Balaban J connectivity index is 1.12. The number of nitrogens with zero attached hydrogens (tertiary/aromatic N) is 8. The Kier molecular flexibility index (Phi) is 3.96. The number of ether oxygens (including phenoxy) is 2. The summed E-state index contributed by atoms with van der Waals surface area (Å²) in [5.74, 6) is 0.539. The molecule has 0 amide bonds. The summed E-state index contributed by atoms with van der Waals surface area (Å²) in [5, 5.41) is 8.68. The van der Waals surface area contributed by atoms with Crippen LogP contribution in [0.4, 0.5) is 11.6 Å². The molecule has 12 heteroatoms. The van der Waals surface area contributed by atoms with E-state index < -0.39 is 26.7 Å². The highest BCUT2D eigenvalue weighted by molar-refractivity contribution is 5.90. The van der Waals surface area contributed by atoms with Crippen molar-refractivity contribution < 1.29 is 27.6 Å². The second-order valence-corrected chi connectivity index (χ2v) is 8.16. The molecule has 0 saturated carbocycles. The largest absolute Gasteiger partial charge is 0.491 e. The first-order valence-electron chi connectivity index (χ1n) is 16.4. The molecular weight excluding hydrogens is 474 g/mol. The van der Waals surface area contributed by atoms with Gasteiger partial charge in [0.1, 0.15) is 12.3 Å². The molecule has 6 rings (SSSR count). The van der Waals surface area contributed by atoms with Crippen LogP contribution in [0.25, 0.3) is 28.3 Å². The van der Waals surface area contributed by atoms with Crippen LogP contribution in [0.15, 0.2) is 53.3 Å². The SMILES string of the molecule is [2H]c1nn(C([2H])([2H])CN2CCN(c3ccc(OC([2H])([2H])C([2H])([2H])OC([2H])([2H])[2H])cc3)CC2)c2nc(N)n3nc(-c4ccco4)nc3c12. The lowest BCUT2D eigenvalue weighted by Crippen LogP contribution is -2.47. The van der Waals surface area contributed by atoms with Crippen LogP contribution in [0.5, 0.6) is 5.75 Å². The summed E-state index contributed by atoms with van der Waals surface area (Å²) in [5.41, 5.74) is 7.19. The van der Waals surface area contributed by atoms with Crippen molar-refractivity contribution in [1.82, 2.24) is 34.3 Å². The average Bonchev–Trinajstić information content (AvgIpc) is 3.72. The number of hydrogen-bond acceptors (Lipinski definition) is 10. The lowest BCUT2D eigenvalue weighted by molar-refractivity contribution is 0.146. The topological polar surface area (TPSA) is 125 Å². The summed E-state index contributed by atoms with van der Waals surface area (Å²) in [6, 6.07) is 9.55. The Morgan fingerprint density at radius 3 is 2.76 bits per heavy atom. The molecule has 5 heterocycles. The van der Waals surface area contributed by atoms with Crippen LogP contribution in [-0.4, -0.2) is 87.1 Å². The number of anilines is 2. The molecule has 1 saturated heterocycles. The molecule has 192 valence electrons. The van der Waals surface area contributed by atoms with Crippen molar-refractivity contribution in [1.29, 1.82) is 0 Å². The highest BCUT2D eigenvalue weighted by Gasteiger charge is 2.20. The molecular formula is C25H29N9O3. The predicted octanol–water partition coefficient (Wildman–Crippen LogP) is 2.16. The minimum atomic E-state index is -3.25. The second kappa shape index (κ2) is 10.1. The van der Waals surface area contributed by atoms with Gasteiger partial charge < -0.3 is 24.5 Å². The van der Waals surface area contributed by atoms with Crippen molar-refractivity contribution in [3.8, 4) is 17.3 Å². The maximum Gasteiger partial charge on any atom is 0.225 e. The quantitative estimate of drug-likeness (QED) is 0.313. The minimum absolute atomic E-state index is 0.0290. The van der Waals surface area contributed by atoms with E-state index in [4.69, 9.17) is 28.6 Å². The van der Waals surface area contributed by atoms with Crippen molar-refractivity contribution in [2.24, 2.45) is 0 Å². The van der Waals surface area contributed by atoms with Crippen LogP contribution in [0.1, 0.15) is 13.7 Å². The van der Waals surface area contributed by atoms with Gasteiger partial charge in [-0.25, -0.2) is 9.67 Å². The van der Waals surface area contributed by atoms with Crippen LogP contribution in [0.2, 0.25) is 0 Å². The van der Waals surface area contributed by atoms with Gasteiger partial charge in [0, 0.05) is 45.4 Å². The van der Waals surface area contributed by atoms with Gasteiger partial charge in [-0.15, -0.1) is 5.10 Å². The Morgan fingerprint density at radius 2 is 1.97 bits per heavy atom. The highest BCUT2D eigenvalue weighted by Crippen LogP contribution is 2.24. The Bertz CT molecular complexity index is 1880. The van der Waals surface area contributed by atoms with Crippen molar-refractivity contribution in [3.63, 3.8) is 0 Å². The first kappa shape index (κ1) is 14.5. The van der Waals surface area contributed by atoms with Crippen molar-refractivity contribution in [2.45, 2.75) is 6.50 Å². The fraction of sp³-hybridized carbons (Fsp3) is 0.360. The molecule has 0 unspecified atom stereocenters. The molecule has 0 radical (unpaired) electrons. The van der Waals surface area contributed by atoms with Crippen LogP contribution >= 0.6 is 0 Å². The number of nitrogen functional groups attached to an aromatic ring is 1. The smallest absolute Gasteiger partial charge is 0.225 e. The van der Waals surface area contributed by atoms with E-state index in [-0.39, 0.29) is 46.9 Å². The van der Waals surface area contributed by atoms with Gasteiger partial charge in [0.2, 0.25) is 11.8 Å². The lowest BCUT2D eigenvalue weighted by Gasteiger charge is -2.36. The molecule has 0 atom stereocenters. The third-order valence-electron chi connectivity index (χ3n) is 5.98. The van der Waals surface area contributed by atoms with Crippen LogP contribution in [-0.2, 0) is 11.2 Å². The van der Waals surface area contributed by atoms with Crippen molar-refractivity contribution in [2.75, 3.05) is 63.5 Å². The third kappa shape index (κ3) is 4.68. The molecule has 2 N–H and O–H groups in total. The average molecular weight is 514 g/mol. The van der Waals surface area contributed by atoms with Crippen molar-refractivity contribution >= 4 is 28.3 Å². The summed E-state index contributed by atoms with van der Waals surface area (Å²) >= 11 is 0. The number of fused-ring (bicyclic) bond motifs is 3. The fourth-order valence-electron chi connectivity index (χ4n) is 4.12. The van der Waals surface area contributed by atoms with Gasteiger partial charge in [0.05, 0.1) is 44.6 Å². The molecule has 1 aliphatic heterocycles. The van der Waals surface area contributed by atoms with E-state index in [2.05, 4.69) is 24.9 Å². The standard InChI is InChI=1S/C25H29N9O3/c1-35-15-16-36-19-6-4-18(5-7-19)32-11-8-31(9-12-32)10-13-33-23-20(17-27-33)24-28-22(21-3-2-14-37-21)30-34(24)25(26)29-23/h2-7,14,17H,8-13,15-16H2,1H3,(H2,26,29)/i1D3,13D2,15D2,16D2,17D. The summed E-state index contributed by atoms with van der Waals surface area (Å²) in [7, 11) is -3.16. The van der Waals surface area contributed by atoms with E-state index >= 15 is 0 Å². The van der Waals surface area contributed by atoms with E-state index in [1.165, 1.54) is 22.9 Å². The Hall–Kier alpha value is -4.16. The number of nitrogens with two attached hydrogens (primary N) is 1. The van der Waals surface area contributed by atoms with Gasteiger partial charge >= 0.3 is 0 Å². The fourth-order valence-corrected chi connectivity index (χ4v) is 4.12. The summed E-state index contributed by atoms with van der Waals surface area (Å²) in [4.78, 5) is 12.7. The maximum atomic E-state index is 8.88. The van der Waals surface area contributed by atoms with E-state index in [0.717, 1.165) is 10.4 Å². The van der Waals surface area contributed by atoms with E-state index in [9.17, 15) is 0 Å². The highest BCUT2D eigenvalue weighted by atomic mass is 16.5. The first-order valence-corrected chi connectivity index (χ1v) is 11.4. The van der Waals surface area contributed by atoms with E-state index in [1.807, 2.05) is 9.80 Å². The van der Waals surface area contributed by atoms with Gasteiger partial charge in [0.15, 0.2) is 17.1 Å². The zero-order chi connectivity index (χ0) is 33.9. The normalized spacial score (nSPS) is 20.2. The number of aromatic nitrogens is 6. The van der Waals surface area contributed by atoms with E-state index in [0.29, 0.717) is 31.9 Å². The predicted molar refractivity (Wildman–Crippen MR) is 139 cm³/mol. The number of rotatable bonds is 9. The molecule has 0 aliphatic carbocycles. The van der Waals surface area contributed by atoms with Gasteiger partial charge in [0.25, 0.3) is 0 Å². The minimum Gasteiger partial charge on any atom is -0.491 e. The zero-order valence-corrected chi connectivity index (χ0v) is 19.5. The van der Waals surface area contributed by atoms with Crippen molar-refractivity contribution in [3.05, 3.63) is 48.8 Å². The summed E-state index contributed by atoms with van der Waals surface area (Å²) < 4.78 is 95.7. The molecule has 1 aliphatic rings. The Morgan fingerprint density at radius 1 is 1.11 bits per heavy atom. The number of methoxy groups -OCH3 is 1. The van der Waals surface area contributed by atoms with Gasteiger partial charge in [-0.2, -0.15) is 14.6 Å². The molecule has 0 bridgehead atoms. The van der Waals surface area contributed by atoms with Crippen LogP contribution in [0.3, 0.4) is 0 Å². The maximum absolute atomic E-state index is 8.88. The lowest BCUT2D eigenvalue weighted by atomic mass is 10.2.